The van der Waals surface area contributed by atoms with Gasteiger partial charge in [-0.3, -0.25) is 9.59 Å². The van der Waals surface area contributed by atoms with Crippen LogP contribution in [0.3, 0.4) is 0 Å². The van der Waals surface area contributed by atoms with Crippen molar-refractivity contribution in [3.8, 4) is 11.1 Å². The number of nitrogens with one attached hydrogen (secondary N) is 1. The van der Waals surface area contributed by atoms with Crippen molar-refractivity contribution >= 4 is 11.9 Å². The third-order valence-corrected chi connectivity index (χ3v) is 5.69. The van der Waals surface area contributed by atoms with Gasteiger partial charge in [-0.25, -0.2) is 8.78 Å². The molecule has 2 aromatic carbocycles. The summed E-state index contributed by atoms with van der Waals surface area (Å²) < 4.78 is 34.5. The fourth-order valence-electron chi connectivity index (χ4n) is 3.91. The number of hydrogen-bond acceptors (Lipinski definition) is 3. The minimum absolute atomic E-state index is 0.0505. The predicted molar refractivity (Wildman–Crippen MR) is 115 cm³/mol. The molecule has 0 heterocycles. The summed E-state index contributed by atoms with van der Waals surface area (Å²) in [6.45, 7) is 5.64. The molecule has 1 N–H and O–H groups in total. The molecular formula is C25H29F2NO3. The predicted octanol–water partition coefficient (Wildman–Crippen LogP) is 5.55. The molecule has 2 aromatic rings. The van der Waals surface area contributed by atoms with E-state index in [1.807, 2.05) is 32.0 Å². The van der Waals surface area contributed by atoms with E-state index in [2.05, 4.69) is 5.32 Å². The van der Waals surface area contributed by atoms with Gasteiger partial charge in [0.15, 0.2) is 11.6 Å². The van der Waals surface area contributed by atoms with Gasteiger partial charge in [0, 0.05) is 12.0 Å². The van der Waals surface area contributed by atoms with E-state index in [-0.39, 0.29) is 24.5 Å². The van der Waals surface area contributed by atoms with Gasteiger partial charge in [-0.05, 0) is 67.5 Å². The number of aryl methyl sites for hydroxylation is 2. The fraction of sp³-hybridized carbons (Fsp3) is 0.440. The van der Waals surface area contributed by atoms with Gasteiger partial charge in [0.1, 0.15) is 0 Å². The molecule has 0 saturated heterocycles. The minimum Gasteiger partial charge on any atom is -0.466 e. The number of halogens is 2. The lowest BCUT2D eigenvalue weighted by molar-refractivity contribution is -0.143. The van der Waals surface area contributed by atoms with Crippen molar-refractivity contribution in [3.05, 3.63) is 58.7 Å². The summed E-state index contributed by atoms with van der Waals surface area (Å²) in [4.78, 5) is 24.6. The molecule has 3 rings (SSSR count). The van der Waals surface area contributed by atoms with Crippen LogP contribution >= 0.6 is 0 Å². The smallest absolute Gasteiger partial charge is 0.308 e. The Hall–Kier alpha value is -2.76. The van der Waals surface area contributed by atoms with Crippen LogP contribution in [0, 0.1) is 31.4 Å². The number of carbonyl (C=O) groups is 2. The first kappa shape index (κ1) is 22.9. The first-order chi connectivity index (χ1) is 14.8. The Morgan fingerprint density at radius 3 is 2.45 bits per heavy atom. The van der Waals surface area contributed by atoms with Crippen molar-refractivity contribution in [3.63, 3.8) is 0 Å². The lowest BCUT2D eigenvalue weighted by Crippen LogP contribution is -2.31. The summed E-state index contributed by atoms with van der Waals surface area (Å²) in [5.74, 6) is -2.37. The molecule has 166 valence electrons. The highest BCUT2D eigenvalue weighted by Gasteiger charge is 2.27. The number of esters is 1. The van der Waals surface area contributed by atoms with Crippen molar-refractivity contribution in [1.29, 1.82) is 0 Å². The second-order valence-corrected chi connectivity index (χ2v) is 8.24. The molecule has 6 heteroatoms. The second-order valence-electron chi connectivity index (χ2n) is 8.24. The maximum atomic E-state index is 14.9. The molecule has 0 aliphatic heterocycles. The first-order valence-electron chi connectivity index (χ1n) is 10.8. The maximum absolute atomic E-state index is 14.9. The molecule has 1 aliphatic carbocycles. The van der Waals surface area contributed by atoms with Crippen molar-refractivity contribution in [2.75, 3.05) is 6.61 Å². The van der Waals surface area contributed by atoms with Crippen LogP contribution < -0.4 is 5.32 Å². The van der Waals surface area contributed by atoms with Crippen molar-refractivity contribution in [2.45, 2.75) is 58.9 Å². The summed E-state index contributed by atoms with van der Waals surface area (Å²) >= 11 is 0. The zero-order valence-corrected chi connectivity index (χ0v) is 18.3. The monoisotopic (exact) mass is 429 g/mol. The van der Waals surface area contributed by atoms with Crippen molar-refractivity contribution in [1.82, 2.24) is 5.32 Å². The maximum Gasteiger partial charge on any atom is 0.308 e. The average Bonchev–Trinajstić information content (AvgIpc) is 3.53. The van der Waals surface area contributed by atoms with Gasteiger partial charge in [0.05, 0.1) is 19.1 Å². The number of benzene rings is 2. The third-order valence-electron chi connectivity index (χ3n) is 5.69. The lowest BCUT2D eigenvalue weighted by Gasteiger charge is -2.21. The van der Waals surface area contributed by atoms with E-state index in [9.17, 15) is 18.4 Å². The Morgan fingerprint density at radius 2 is 1.84 bits per heavy atom. The van der Waals surface area contributed by atoms with E-state index in [1.54, 1.807) is 6.92 Å². The van der Waals surface area contributed by atoms with E-state index in [0.29, 0.717) is 17.9 Å². The van der Waals surface area contributed by atoms with E-state index in [0.717, 1.165) is 42.0 Å². The number of carbonyl (C=O) groups excluding carboxylic acids is 2. The van der Waals surface area contributed by atoms with Gasteiger partial charge in [-0.2, -0.15) is 0 Å². The zero-order chi connectivity index (χ0) is 22.5. The molecular weight excluding hydrogens is 400 g/mol. The van der Waals surface area contributed by atoms with Crippen molar-refractivity contribution < 1.29 is 23.1 Å². The molecule has 0 unspecified atom stereocenters. The Bertz CT molecular complexity index is 949. The lowest BCUT2D eigenvalue weighted by atomic mass is 9.92. The highest BCUT2D eigenvalue weighted by molar-refractivity contribution is 5.79. The summed E-state index contributed by atoms with van der Waals surface area (Å²) in [7, 11) is 0. The Morgan fingerprint density at radius 1 is 1.16 bits per heavy atom. The number of amides is 1. The van der Waals surface area contributed by atoms with Gasteiger partial charge in [-0.15, -0.1) is 0 Å². The third kappa shape index (κ3) is 5.90. The number of rotatable bonds is 9. The molecule has 0 spiro atoms. The van der Waals surface area contributed by atoms with Crippen LogP contribution in [0.4, 0.5) is 8.78 Å². The highest BCUT2D eigenvalue weighted by atomic mass is 19.2. The largest absolute Gasteiger partial charge is 0.466 e. The Balaban J connectivity index is 1.96. The van der Waals surface area contributed by atoms with Gasteiger partial charge in [0.25, 0.3) is 0 Å². The normalized spacial score (nSPS) is 14.2. The Kier molecular flexibility index (Phi) is 7.42. The minimum atomic E-state index is -1.06. The van der Waals surface area contributed by atoms with E-state index < -0.39 is 23.6 Å². The van der Waals surface area contributed by atoms with Crippen LogP contribution in [0.5, 0.6) is 0 Å². The standard InChI is InChI=1S/C25H29F2NO3/c1-4-31-23(30)14-21(28-22(29)11-10-17-8-9-17)19-12-18(13-20(26)25(19)27)24-15(2)6-5-7-16(24)3/h5-7,12-13,17,21H,4,8-11,14H2,1-3H3,(H,28,29)/t21-/m0/s1. The molecule has 1 saturated carbocycles. The quantitative estimate of drug-likeness (QED) is 0.532. The van der Waals surface area contributed by atoms with Crippen LogP contribution in [0.2, 0.25) is 0 Å². The summed E-state index contributed by atoms with van der Waals surface area (Å²) in [6.07, 6.45) is 3.03. The van der Waals surface area contributed by atoms with Gasteiger partial charge >= 0.3 is 5.97 Å². The average molecular weight is 430 g/mol. The van der Waals surface area contributed by atoms with Crippen LogP contribution in [0.15, 0.2) is 30.3 Å². The van der Waals surface area contributed by atoms with E-state index in [4.69, 9.17) is 4.74 Å². The highest BCUT2D eigenvalue weighted by Crippen LogP contribution is 2.35. The molecule has 1 aliphatic rings. The molecule has 0 radical (unpaired) electrons. The fourth-order valence-corrected chi connectivity index (χ4v) is 3.91. The molecule has 0 aromatic heterocycles. The van der Waals surface area contributed by atoms with E-state index >= 15 is 0 Å². The zero-order valence-electron chi connectivity index (χ0n) is 18.3. The summed E-state index contributed by atoms with van der Waals surface area (Å²) in [5.41, 5.74) is 3.11. The second kappa shape index (κ2) is 10.0. The molecule has 0 bridgehead atoms. The van der Waals surface area contributed by atoms with Crippen LogP contribution in [-0.4, -0.2) is 18.5 Å². The van der Waals surface area contributed by atoms with Gasteiger partial charge in [-0.1, -0.05) is 31.0 Å². The molecule has 1 fully saturated rings. The number of hydrogen-bond donors (Lipinski definition) is 1. The first-order valence-corrected chi connectivity index (χ1v) is 10.8. The molecule has 1 atom stereocenters. The summed E-state index contributed by atoms with van der Waals surface area (Å²) in [6, 6.07) is 7.38. The summed E-state index contributed by atoms with van der Waals surface area (Å²) in [5, 5.41) is 2.74. The van der Waals surface area contributed by atoms with Gasteiger partial charge < -0.3 is 10.1 Å². The molecule has 31 heavy (non-hydrogen) atoms. The molecule has 1 amide bonds. The van der Waals surface area contributed by atoms with Crippen LogP contribution in [0.25, 0.3) is 11.1 Å². The molecule has 4 nitrogen and oxygen atoms in total. The topological polar surface area (TPSA) is 55.4 Å². The van der Waals surface area contributed by atoms with Crippen molar-refractivity contribution in [2.24, 2.45) is 5.92 Å². The Labute approximate surface area is 182 Å². The van der Waals surface area contributed by atoms with Gasteiger partial charge in [0.2, 0.25) is 5.91 Å². The van der Waals surface area contributed by atoms with E-state index in [1.165, 1.54) is 6.07 Å². The van der Waals surface area contributed by atoms with Crippen LogP contribution in [-0.2, 0) is 14.3 Å². The number of ether oxygens (including phenoxy) is 1. The van der Waals surface area contributed by atoms with Crippen LogP contribution in [0.1, 0.15) is 61.8 Å². The SMILES string of the molecule is CCOC(=O)C[C@H](NC(=O)CCC1CC1)c1cc(-c2c(C)cccc2C)cc(F)c1F.